The van der Waals surface area contributed by atoms with Gasteiger partial charge in [0.1, 0.15) is 0 Å². The van der Waals surface area contributed by atoms with Crippen molar-refractivity contribution >= 4 is 17.3 Å². The predicted octanol–water partition coefficient (Wildman–Crippen LogP) is 5.09. The summed E-state index contributed by atoms with van der Waals surface area (Å²) in [6, 6.07) is 15.9. The first-order valence-corrected chi connectivity index (χ1v) is 15.8. The highest BCUT2D eigenvalue weighted by atomic mass is 16.5. The molecule has 0 bridgehead atoms. The van der Waals surface area contributed by atoms with Gasteiger partial charge in [0.15, 0.2) is 0 Å². The maximum absolute atomic E-state index is 13.8. The smallest absolute Gasteiger partial charge is 0.253 e. The molecule has 0 saturated carbocycles. The number of piperidine rings is 1. The van der Waals surface area contributed by atoms with Gasteiger partial charge in [-0.25, -0.2) is 0 Å². The van der Waals surface area contributed by atoms with Gasteiger partial charge in [-0.3, -0.25) is 9.59 Å². The Bertz CT molecular complexity index is 1470. The lowest BCUT2D eigenvalue weighted by molar-refractivity contribution is 0.0846. The molecule has 3 heterocycles. The number of aryl methyl sites for hydroxylation is 2. The first kappa shape index (κ1) is 30.8. The van der Waals surface area contributed by atoms with E-state index in [1.165, 1.54) is 5.69 Å². The van der Waals surface area contributed by atoms with E-state index < -0.39 is 0 Å². The van der Waals surface area contributed by atoms with Crippen molar-refractivity contribution in [2.75, 3.05) is 49.7 Å². The highest BCUT2D eigenvalue weighted by Crippen LogP contribution is 2.35. The minimum atomic E-state index is -0.174. The van der Waals surface area contributed by atoms with E-state index >= 15 is 0 Å². The van der Waals surface area contributed by atoms with Crippen molar-refractivity contribution in [1.29, 1.82) is 0 Å². The molecular weight excluding hydrogens is 538 g/mol. The number of aromatic nitrogens is 1. The van der Waals surface area contributed by atoms with Gasteiger partial charge in [-0.05, 0) is 113 Å². The highest BCUT2D eigenvalue weighted by Gasteiger charge is 2.25. The Balaban J connectivity index is 1.47. The molecule has 0 radical (unpaired) electrons. The number of amides is 1. The zero-order valence-electron chi connectivity index (χ0n) is 26.4. The second kappa shape index (κ2) is 13.8. The van der Waals surface area contributed by atoms with Crippen molar-refractivity contribution in [3.05, 3.63) is 80.8 Å². The summed E-state index contributed by atoms with van der Waals surface area (Å²) < 4.78 is 5.66. The first-order chi connectivity index (χ1) is 20.8. The standard InChI is InChI=1S/C35H47N5O3/c1-6-40(30-13-17-43-18-14-30)33-21-27(26-7-9-29(10-8-26)39-15-11-28(36-5)12-16-39)20-31(25(33)4)34(41)37-22-32-23(2)19-24(3)38-35(32)42/h7-10,19-21,28,30,36H,6,11-18,22H2,1-5H3,(H,37,41)(H,38,42). The fraction of sp³-hybridized carbons (Fsp3) is 0.486. The van der Waals surface area contributed by atoms with Gasteiger partial charge >= 0.3 is 0 Å². The maximum atomic E-state index is 13.8. The van der Waals surface area contributed by atoms with Gasteiger partial charge in [0.25, 0.3) is 11.5 Å². The Labute approximate surface area is 255 Å². The summed E-state index contributed by atoms with van der Waals surface area (Å²) in [5.74, 6) is -0.174. The molecule has 0 spiro atoms. The normalized spacial score (nSPS) is 16.3. The minimum Gasteiger partial charge on any atom is -0.381 e. The van der Waals surface area contributed by atoms with Crippen LogP contribution in [0.3, 0.4) is 0 Å². The maximum Gasteiger partial charge on any atom is 0.253 e. The van der Waals surface area contributed by atoms with Crippen molar-refractivity contribution in [2.45, 2.75) is 72.0 Å². The number of carbonyl (C=O) groups excluding carboxylic acids is 1. The number of H-pyrrole nitrogens is 1. The number of ether oxygens (including phenoxy) is 1. The van der Waals surface area contributed by atoms with Crippen LogP contribution >= 0.6 is 0 Å². The summed E-state index contributed by atoms with van der Waals surface area (Å²) in [4.78, 5) is 34.2. The molecule has 0 unspecified atom stereocenters. The first-order valence-electron chi connectivity index (χ1n) is 15.8. The highest BCUT2D eigenvalue weighted by molar-refractivity contribution is 5.99. The summed E-state index contributed by atoms with van der Waals surface area (Å²) in [5.41, 5.74) is 8.12. The van der Waals surface area contributed by atoms with Crippen LogP contribution in [0.2, 0.25) is 0 Å². The van der Waals surface area contributed by atoms with Crippen LogP contribution < -0.4 is 26.0 Å². The number of pyridine rings is 1. The van der Waals surface area contributed by atoms with Crippen LogP contribution in [0.5, 0.6) is 0 Å². The SMILES string of the molecule is CCN(c1cc(-c2ccc(N3CCC(NC)CC3)cc2)cc(C(=O)NCc2c(C)cc(C)[nH]c2=O)c1C)C1CCOCC1. The van der Waals surface area contributed by atoms with Crippen LogP contribution in [0, 0.1) is 20.8 Å². The number of hydrogen-bond acceptors (Lipinski definition) is 6. The third kappa shape index (κ3) is 6.97. The van der Waals surface area contributed by atoms with Crippen LogP contribution in [0.15, 0.2) is 47.3 Å². The van der Waals surface area contributed by atoms with Crippen LogP contribution in [0.1, 0.15) is 65.3 Å². The molecule has 1 aromatic heterocycles. The van der Waals surface area contributed by atoms with Gasteiger partial charge in [-0.1, -0.05) is 12.1 Å². The molecule has 230 valence electrons. The predicted molar refractivity (Wildman–Crippen MR) is 175 cm³/mol. The quantitative estimate of drug-likeness (QED) is 0.324. The molecule has 0 atom stereocenters. The third-order valence-electron chi connectivity index (χ3n) is 9.30. The van der Waals surface area contributed by atoms with E-state index in [0.717, 1.165) is 92.2 Å². The lowest BCUT2D eigenvalue weighted by atomic mass is 9.95. The van der Waals surface area contributed by atoms with Gasteiger partial charge in [-0.15, -0.1) is 0 Å². The molecule has 3 aromatic rings. The summed E-state index contributed by atoms with van der Waals surface area (Å²) in [7, 11) is 2.05. The number of nitrogens with one attached hydrogen (secondary N) is 3. The van der Waals surface area contributed by atoms with Crippen molar-refractivity contribution in [3.8, 4) is 11.1 Å². The molecule has 8 nitrogen and oxygen atoms in total. The van der Waals surface area contributed by atoms with Crippen LogP contribution in [-0.2, 0) is 11.3 Å². The fourth-order valence-electron chi connectivity index (χ4n) is 6.68. The number of aromatic amines is 1. The molecule has 2 aromatic carbocycles. The molecular formula is C35H47N5O3. The molecule has 0 aliphatic carbocycles. The molecule has 2 saturated heterocycles. The Hall–Kier alpha value is -3.62. The molecule has 2 fully saturated rings. The number of nitrogens with zero attached hydrogens (tertiary/aromatic N) is 2. The average Bonchev–Trinajstić information content (AvgIpc) is 3.02. The van der Waals surface area contributed by atoms with Crippen LogP contribution in [-0.4, -0.2) is 62.9 Å². The molecule has 2 aliphatic heterocycles. The van der Waals surface area contributed by atoms with Gasteiger partial charge in [0, 0.05) is 79.7 Å². The van der Waals surface area contributed by atoms with Crippen molar-refractivity contribution in [1.82, 2.24) is 15.6 Å². The van der Waals surface area contributed by atoms with Gasteiger partial charge in [0.05, 0.1) is 0 Å². The average molecular weight is 586 g/mol. The Morgan fingerprint density at radius 2 is 1.70 bits per heavy atom. The molecule has 5 rings (SSSR count). The summed E-state index contributed by atoms with van der Waals surface area (Å²) in [6.45, 7) is 12.6. The lowest BCUT2D eigenvalue weighted by Crippen LogP contribution is -2.41. The van der Waals surface area contributed by atoms with Crippen LogP contribution in [0.25, 0.3) is 11.1 Å². The Morgan fingerprint density at radius 1 is 1.00 bits per heavy atom. The molecule has 43 heavy (non-hydrogen) atoms. The minimum absolute atomic E-state index is 0.157. The zero-order chi connectivity index (χ0) is 30.5. The van der Waals surface area contributed by atoms with E-state index in [9.17, 15) is 9.59 Å². The van der Waals surface area contributed by atoms with E-state index in [2.05, 4.69) is 62.7 Å². The lowest BCUT2D eigenvalue weighted by Gasteiger charge is -2.37. The van der Waals surface area contributed by atoms with Gasteiger partial charge < -0.3 is 30.2 Å². The summed E-state index contributed by atoms with van der Waals surface area (Å²) in [5, 5.41) is 6.46. The largest absolute Gasteiger partial charge is 0.381 e. The number of anilines is 2. The zero-order valence-corrected chi connectivity index (χ0v) is 26.4. The van der Waals surface area contributed by atoms with Crippen molar-refractivity contribution in [2.24, 2.45) is 0 Å². The topological polar surface area (TPSA) is 89.7 Å². The van der Waals surface area contributed by atoms with E-state index in [1.54, 1.807) is 0 Å². The fourth-order valence-corrected chi connectivity index (χ4v) is 6.68. The molecule has 2 aliphatic rings. The van der Waals surface area contributed by atoms with Crippen LogP contribution in [0.4, 0.5) is 11.4 Å². The van der Waals surface area contributed by atoms with Gasteiger partial charge in [0.2, 0.25) is 0 Å². The molecule has 1 amide bonds. The molecule has 3 N–H and O–H groups in total. The third-order valence-corrected chi connectivity index (χ3v) is 9.30. The van der Waals surface area contributed by atoms with E-state index in [4.69, 9.17) is 4.74 Å². The van der Waals surface area contributed by atoms with E-state index in [-0.39, 0.29) is 18.0 Å². The Kier molecular flexibility index (Phi) is 9.88. The number of hydrogen-bond donors (Lipinski definition) is 3. The van der Waals surface area contributed by atoms with Crippen molar-refractivity contribution in [3.63, 3.8) is 0 Å². The second-order valence-electron chi connectivity index (χ2n) is 12.0. The summed E-state index contributed by atoms with van der Waals surface area (Å²) >= 11 is 0. The van der Waals surface area contributed by atoms with E-state index in [0.29, 0.717) is 23.2 Å². The number of carbonyl (C=O) groups is 1. The Morgan fingerprint density at radius 3 is 2.33 bits per heavy atom. The molecule has 8 heteroatoms. The number of benzene rings is 2. The number of rotatable bonds is 9. The van der Waals surface area contributed by atoms with Gasteiger partial charge in [-0.2, -0.15) is 0 Å². The monoisotopic (exact) mass is 585 g/mol. The second-order valence-corrected chi connectivity index (χ2v) is 12.0. The van der Waals surface area contributed by atoms with Crippen molar-refractivity contribution < 1.29 is 9.53 Å². The van der Waals surface area contributed by atoms with E-state index in [1.807, 2.05) is 40.0 Å². The summed E-state index contributed by atoms with van der Waals surface area (Å²) in [6.07, 6.45) is 4.22.